The number of hydrogen-bond donors (Lipinski definition) is 0. The molecule has 1 heterocycles. The zero-order valence-electron chi connectivity index (χ0n) is 11.2. The summed E-state index contributed by atoms with van der Waals surface area (Å²) in [4.78, 5) is 19.3. The summed E-state index contributed by atoms with van der Waals surface area (Å²) in [7, 11) is 0. The van der Waals surface area contributed by atoms with Gasteiger partial charge >= 0.3 is 5.97 Å². The van der Waals surface area contributed by atoms with Crippen molar-refractivity contribution >= 4 is 17.5 Å². The smallest absolute Gasteiger partial charge is 0.340 e. The van der Waals surface area contributed by atoms with Crippen molar-refractivity contribution in [2.24, 2.45) is 4.99 Å². The van der Waals surface area contributed by atoms with Crippen LogP contribution in [0, 0.1) is 0 Å². The van der Waals surface area contributed by atoms with E-state index in [0.717, 1.165) is 5.69 Å². The van der Waals surface area contributed by atoms with Gasteiger partial charge in [-0.1, -0.05) is 20.8 Å². The van der Waals surface area contributed by atoms with Crippen LogP contribution in [0.4, 0.5) is 5.69 Å². The molecule has 18 heavy (non-hydrogen) atoms. The molecule has 1 aromatic rings. The van der Waals surface area contributed by atoms with Crippen molar-refractivity contribution in [1.82, 2.24) is 4.98 Å². The molecule has 0 saturated carbocycles. The van der Waals surface area contributed by atoms with Crippen molar-refractivity contribution in [2.75, 3.05) is 6.61 Å². The fourth-order valence-corrected chi connectivity index (χ4v) is 1.24. The van der Waals surface area contributed by atoms with Gasteiger partial charge in [0.05, 0.1) is 24.6 Å². The fraction of sp³-hybridized carbons (Fsp3) is 0.429. The van der Waals surface area contributed by atoms with Crippen LogP contribution in [0.5, 0.6) is 0 Å². The first-order valence-corrected chi connectivity index (χ1v) is 5.86. The zero-order chi connectivity index (χ0) is 13.6. The van der Waals surface area contributed by atoms with E-state index in [2.05, 4.69) is 36.6 Å². The van der Waals surface area contributed by atoms with Crippen LogP contribution in [0.3, 0.4) is 0 Å². The third kappa shape index (κ3) is 4.52. The second kappa shape index (κ2) is 6.12. The fourth-order valence-electron chi connectivity index (χ4n) is 1.24. The summed E-state index contributed by atoms with van der Waals surface area (Å²) < 4.78 is 4.71. The third-order valence-corrected chi connectivity index (χ3v) is 2.18. The highest BCUT2D eigenvalue weighted by Crippen LogP contribution is 2.21. The van der Waals surface area contributed by atoms with Crippen LogP contribution < -0.4 is 0 Å². The molecule has 0 radical (unpaired) electrons. The quantitative estimate of drug-likeness (QED) is 0.468. The second-order valence-electron chi connectivity index (χ2n) is 4.79. The van der Waals surface area contributed by atoms with Gasteiger partial charge in [-0.25, -0.2) is 9.79 Å². The monoisotopic (exact) mass is 246 g/mol. The predicted molar refractivity (Wildman–Crippen MR) is 71.2 cm³/mol. The molecule has 4 nitrogen and oxygen atoms in total. The average Bonchev–Trinajstić information content (AvgIpc) is 2.29. The number of rotatable bonds is 3. The maximum absolute atomic E-state index is 11.0. The van der Waals surface area contributed by atoms with Gasteiger partial charge in [0, 0.05) is 11.1 Å². The molecule has 0 saturated heterocycles. The van der Waals surface area contributed by atoms with E-state index in [1.54, 1.807) is 13.1 Å². The summed E-state index contributed by atoms with van der Waals surface area (Å²) in [6.07, 6.45) is 2.83. The second-order valence-corrected chi connectivity index (χ2v) is 4.79. The number of esters is 1. The predicted octanol–water partition coefficient (Wildman–Crippen LogP) is 2.80. The average molecular weight is 246 g/mol. The van der Waals surface area contributed by atoms with Gasteiger partial charge in [-0.3, -0.25) is 4.98 Å². The minimum absolute atomic E-state index is 0.0169. The Hall–Kier alpha value is -1.93. The van der Waals surface area contributed by atoms with Crippen molar-refractivity contribution in [3.05, 3.63) is 30.1 Å². The molecule has 0 atom stereocenters. The molecule has 0 bridgehead atoms. The van der Waals surface area contributed by atoms with E-state index in [9.17, 15) is 4.79 Å². The minimum Gasteiger partial charge on any atom is -0.462 e. The number of hydrogen-bond acceptors (Lipinski definition) is 4. The number of ether oxygens (including phenoxy) is 1. The van der Waals surface area contributed by atoms with Crippen molar-refractivity contribution in [1.29, 1.82) is 0 Å². The first-order valence-electron chi connectivity index (χ1n) is 5.86. The van der Waals surface area contributed by atoms with E-state index in [0.29, 0.717) is 12.3 Å². The summed E-state index contributed by atoms with van der Waals surface area (Å²) in [5, 5.41) is 0. The van der Waals surface area contributed by atoms with Crippen LogP contribution in [-0.2, 0) is 14.9 Å². The number of nitrogens with zero attached hydrogens (tertiary/aromatic N) is 2. The molecule has 0 aromatic carbocycles. The van der Waals surface area contributed by atoms with Gasteiger partial charge in [-0.05, 0) is 24.9 Å². The van der Waals surface area contributed by atoms with E-state index in [1.165, 1.54) is 6.08 Å². The van der Waals surface area contributed by atoms with Gasteiger partial charge < -0.3 is 4.74 Å². The van der Waals surface area contributed by atoms with Crippen LogP contribution in [0.15, 0.2) is 29.4 Å². The van der Waals surface area contributed by atoms with Crippen LogP contribution in [-0.4, -0.2) is 23.4 Å². The first-order chi connectivity index (χ1) is 8.43. The maximum Gasteiger partial charge on any atom is 0.340 e. The van der Waals surface area contributed by atoms with E-state index >= 15 is 0 Å². The van der Waals surface area contributed by atoms with E-state index in [-0.39, 0.29) is 5.41 Å². The largest absolute Gasteiger partial charge is 0.462 e. The summed E-state index contributed by atoms with van der Waals surface area (Å²) in [6, 6.07) is 3.77. The van der Waals surface area contributed by atoms with E-state index in [4.69, 9.17) is 4.74 Å². The third-order valence-electron chi connectivity index (χ3n) is 2.18. The van der Waals surface area contributed by atoms with Gasteiger partial charge in [0.2, 0.25) is 0 Å². The van der Waals surface area contributed by atoms with Crippen LogP contribution in [0.1, 0.15) is 33.4 Å². The molecule has 0 fully saturated rings. The zero-order valence-corrected chi connectivity index (χ0v) is 11.2. The number of pyridine rings is 1. The van der Waals surface area contributed by atoms with Crippen LogP contribution >= 0.6 is 0 Å². The Labute approximate surface area is 107 Å². The summed E-state index contributed by atoms with van der Waals surface area (Å²) in [5.41, 5.74) is 1.67. The first kappa shape index (κ1) is 14.1. The molecule has 0 aliphatic rings. The Morgan fingerprint density at radius 2 is 2.22 bits per heavy atom. The normalized spacial score (nSPS) is 10.4. The van der Waals surface area contributed by atoms with Crippen molar-refractivity contribution in [3.63, 3.8) is 0 Å². The van der Waals surface area contributed by atoms with E-state index < -0.39 is 5.97 Å². The molecule has 0 aliphatic carbocycles. The maximum atomic E-state index is 11.0. The van der Waals surface area contributed by atoms with Crippen LogP contribution in [0.2, 0.25) is 0 Å². The standard InChI is InChI=1S/C14H18N2O2/c1-5-18-13(17)8-9-15-11-6-7-12(16-10-11)14(2,3)4/h6-8,10H,5H2,1-4H3. The molecule has 0 amide bonds. The highest BCUT2D eigenvalue weighted by Gasteiger charge is 2.14. The van der Waals surface area contributed by atoms with E-state index in [1.807, 2.05) is 12.1 Å². The number of carbonyl (C=O) groups is 1. The molecule has 1 rings (SSSR count). The number of carbonyl (C=O) groups excluding carboxylic acids is 1. The Kier molecular flexibility index (Phi) is 4.81. The Morgan fingerprint density at radius 3 is 2.72 bits per heavy atom. The lowest BCUT2D eigenvalue weighted by molar-refractivity contribution is -0.137. The SMILES string of the molecule is CCOC(=O)C=C=Nc1ccc(C(C)(C)C)nc1. The minimum atomic E-state index is -0.444. The molecular formula is C14H18N2O2. The molecule has 0 N–H and O–H groups in total. The molecule has 0 unspecified atom stereocenters. The van der Waals surface area contributed by atoms with Gasteiger partial charge in [0.15, 0.2) is 0 Å². The molecule has 4 heteroatoms. The highest BCUT2D eigenvalue weighted by molar-refractivity contribution is 5.91. The van der Waals surface area contributed by atoms with Gasteiger partial charge in [-0.15, -0.1) is 0 Å². The lowest BCUT2D eigenvalue weighted by Crippen LogP contribution is -2.12. The number of aliphatic imine (C=N–C) groups is 1. The molecule has 96 valence electrons. The molecule has 1 aromatic heterocycles. The molecule has 0 aliphatic heterocycles. The highest BCUT2D eigenvalue weighted by atomic mass is 16.5. The number of aromatic nitrogens is 1. The topological polar surface area (TPSA) is 51.5 Å². The summed E-state index contributed by atoms with van der Waals surface area (Å²) in [5.74, 6) is 2.09. The molecule has 0 spiro atoms. The lowest BCUT2D eigenvalue weighted by atomic mass is 9.92. The van der Waals surface area contributed by atoms with Crippen molar-refractivity contribution < 1.29 is 9.53 Å². The Morgan fingerprint density at radius 1 is 1.50 bits per heavy atom. The van der Waals surface area contributed by atoms with Gasteiger partial charge in [-0.2, -0.15) is 0 Å². The molecular weight excluding hydrogens is 228 g/mol. The van der Waals surface area contributed by atoms with Crippen LogP contribution in [0.25, 0.3) is 0 Å². The van der Waals surface area contributed by atoms with Gasteiger partial charge in [0.1, 0.15) is 0 Å². The summed E-state index contributed by atoms with van der Waals surface area (Å²) >= 11 is 0. The van der Waals surface area contributed by atoms with Crippen molar-refractivity contribution in [2.45, 2.75) is 33.1 Å². The Bertz CT molecular complexity index is 464. The Balaban J connectivity index is 2.75. The van der Waals surface area contributed by atoms with Gasteiger partial charge in [0.25, 0.3) is 0 Å². The van der Waals surface area contributed by atoms with Crippen molar-refractivity contribution in [3.8, 4) is 0 Å². The summed E-state index contributed by atoms with van der Waals surface area (Å²) in [6.45, 7) is 8.38. The lowest BCUT2D eigenvalue weighted by Gasteiger charge is -2.16.